The van der Waals surface area contributed by atoms with E-state index < -0.39 is 6.10 Å². The lowest BCUT2D eigenvalue weighted by molar-refractivity contribution is 0.279. The van der Waals surface area contributed by atoms with Crippen LogP contribution in [0.4, 0.5) is 0 Å². The fraction of sp³-hybridized carbons (Fsp3) is 0.500. The van der Waals surface area contributed by atoms with Crippen molar-refractivity contribution in [2.24, 2.45) is 0 Å². The molecule has 0 aliphatic carbocycles. The molecule has 0 aromatic carbocycles. The second-order valence-electron chi connectivity index (χ2n) is 3.44. The Labute approximate surface area is 81.2 Å². The van der Waals surface area contributed by atoms with Crippen LogP contribution in [0.3, 0.4) is 0 Å². The second-order valence-corrected chi connectivity index (χ2v) is 3.44. The lowest BCUT2D eigenvalue weighted by Crippen LogP contribution is -1.97. The molecule has 0 amide bonds. The second kappa shape index (κ2) is 6.51. The highest BCUT2D eigenvalue weighted by molar-refractivity contribution is 5.12. The van der Waals surface area contributed by atoms with E-state index in [9.17, 15) is 0 Å². The summed E-state index contributed by atoms with van der Waals surface area (Å²) < 4.78 is 0. The fourth-order valence-electron chi connectivity index (χ4n) is 0.989. The van der Waals surface area contributed by atoms with Gasteiger partial charge in [-0.25, -0.2) is 0 Å². The summed E-state index contributed by atoms with van der Waals surface area (Å²) >= 11 is 0. The van der Waals surface area contributed by atoms with Gasteiger partial charge in [-0.15, -0.1) is 6.42 Å². The quantitative estimate of drug-likeness (QED) is 0.518. The summed E-state index contributed by atoms with van der Waals surface area (Å²) in [5.74, 6) is 2.26. The van der Waals surface area contributed by atoms with E-state index in [0.29, 0.717) is 0 Å². The summed E-state index contributed by atoms with van der Waals surface area (Å²) in [6.45, 7) is 6.14. The average molecular weight is 178 g/mol. The monoisotopic (exact) mass is 178 g/mol. The molecule has 1 unspecified atom stereocenters. The van der Waals surface area contributed by atoms with Crippen molar-refractivity contribution in [1.29, 1.82) is 0 Å². The summed E-state index contributed by atoms with van der Waals surface area (Å²) in [5, 5.41) is 9.11. The van der Waals surface area contributed by atoms with Crippen LogP contribution >= 0.6 is 0 Å². The van der Waals surface area contributed by atoms with Gasteiger partial charge in [0.2, 0.25) is 0 Å². The zero-order valence-electron chi connectivity index (χ0n) is 8.67. The van der Waals surface area contributed by atoms with Crippen LogP contribution in [0.2, 0.25) is 0 Å². The first kappa shape index (κ1) is 12.0. The number of allylic oxidation sites excluding steroid dienone is 3. The molecule has 0 bridgehead atoms. The molecular formula is C12H18O. The molecule has 0 fully saturated rings. The van der Waals surface area contributed by atoms with Crippen molar-refractivity contribution in [3.63, 3.8) is 0 Å². The van der Waals surface area contributed by atoms with Gasteiger partial charge in [0.05, 0.1) is 0 Å². The molecule has 1 N–H and O–H groups in total. The van der Waals surface area contributed by atoms with E-state index in [1.54, 1.807) is 6.08 Å². The number of hydrogen-bond acceptors (Lipinski definition) is 1. The third kappa shape index (κ3) is 7.36. The molecular weight excluding hydrogens is 160 g/mol. The fourth-order valence-corrected chi connectivity index (χ4v) is 0.989. The molecule has 0 rings (SSSR count). The van der Waals surface area contributed by atoms with Gasteiger partial charge < -0.3 is 5.11 Å². The van der Waals surface area contributed by atoms with Crippen LogP contribution in [0, 0.1) is 12.3 Å². The van der Waals surface area contributed by atoms with Gasteiger partial charge in [0.1, 0.15) is 6.10 Å². The highest BCUT2D eigenvalue weighted by Gasteiger charge is 1.94. The number of aliphatic hydroxyl groups is 1. The van der Waals surface area contributed by atoms with Crippen LogP contribution in [0.25, 0.3) is 0 Å². The lowest BCUT2D eigenvalue weighted by Gasteiger charge is -2.00. The first-order chi connectivity index (χ1) is 6.06. The Morgan fingerprint density at radius 2 is 2.08 bits per heavy atom. The first-order valence-electron chi connectivity index (χ1n) is 4.51. The van der Waals surface area contributed by atoms with Crippen LogP contribution in [0.15, 0.2) is 23.3 Å². The smallest absolute Gasteiger partial charge is 0.133 e. The van der Waals surface area contributed by atoms with Crippen LogP contribution in [0.1, 0.15) is 33.6 Å². The van der Waals surface area contributed by atoms with Crippen molar-refractivity contribution in [1.82, 2.24) is 0 Å². The van der Waals surface area contributed by atoms with E-state index in [4.69, 9.17) is 11.5 Å². The molecule has 0 spiro atoms. The van der Waals surface area contributed by atoms with E-state index >= 15 is 0 Å². The molecule has 0 aromatic heterocycles. The van der Waals surface area contributed by atoms with E-state index in [1.165, 1.54) is 5.57 Å². The summed E-state index contributed by atoms with van der Waals surface area (Å²) in [7, 11) is 0. The van der Waals surface area contributed by atoms with Crippen molar-refractivity contribution in [3.8, 4) is 12.3 Å². The van der Waals surface area contributed by atoms with Crippen LogP contribution in [0.5, 0.6) is 0 Å². The molecule has 0 heterocycles. The summed E-state index contributed by atoms with van der Waals surface area (Å²) in [5.41, 5.74) is 2.47. The van der Waals surface area contributed by atoms with Crippen LogP contribution in [-0.4, -0.2) is 11.2 Å². The molecule has 1 atom stereocenters. The molecule has 0 aliphatic rings. The maximum Gasteiger partial charge on any atom is 0.133 e. The molecule has 1 nitrogen and oxygen atoms in total. The van der Waals surface area contributed by atoms with Gasteiger partial charge >= 0.3 is 0 Å². The van der Waals surface area contributed by atoms with Gasteiger partial charge in [-0.1, -0.05) is 23.1 Å². The lowest BCUT2D eigenvalue weighted by atomic mass is 10.1. The number of terminal acetylenes is 1. The van der Waals surface area contributed by atoms with Gasteiger partial charge in [-0.3, -0.25) is 0 Å². The van der Waals surface area contributed by atoms with Crippen molar-refractivity contribution in [2.75, 3.05) is 0 Å². The molecule has 0 saturated heterocycles. The Kier molecular flexibility index (Phi) is 6.01. The van der Waals surface area contributed by atoms with Gasteiger partial charge in [0.15, 0.2) is 0 Å². The predicted molar refractivity (Wildman–Crippen MR) is 57.3 cm³/mol. The maximum atomic E-state index is 9.11. The topological polar surface area (TPSA) is 20.2 Å². The summed E-state index contributed by atoms with van der Waals surface area (Å²) in [6.07, 6.45) is 10.2. The first-order valence-corrected chi connectivity index (χ1v) is 4.51. The normalized spacial score (nSPS) is 13.3. The standard InChI is InChI=1S/C12H18O/c1-5-12(13)9-11(4)8-6-7-10(2)3/h1,7,9,12-13H,6,8H2,2-4H3. The Bertz CT molecular complexity index is 236. The Morgan fingerprint density at radius 3 is 2.54 bits per heavy atom. The van der Waals surface area contributed by atoms with Crippen molar-refractivity contribution < 1.29 is 5.11 Å². The highest BCUT2D eigenvalue weighted by atomic mass is 16.3. The van der Waals surface area contributed by atoms with E-state index in [2.05, 4.69) is 25.8 Å². The molecule has 13 heavy (non-hydrogen) atoms. The van der Waals surface area contributed by atoms with Crippen LogP contribution < -0.4 is 0 Å². The molecule has 0 aliphatic heterocycles. The minimum atomic E-state index is -0.730. The predicted octanol–water partition coefficient (Wildman–Crippen LogP) is 2.67. The average Bonchev–Trinajstić information content (AvgIpc) is 2.03. The van der Waals surface area contributed by atoms with Crippen molar-refractivity contribution >= 4 is 0 Å². The van der Waals surface area contributed by atoms with Gasteiger partial charge in [0.25, 0.3) is 0 Å². The van der Waals surface area contributed by atoms with Gasteiger partial charge in [-0.2, -0.15) is 0 Å². The van der Waals surface area contributed by atoms with Crippen molar-refractivity contribution in [3.05, 3.63) is 23.3 Å². The van der Waals surface area contributed by atoms with Crippen LogP contribution in [-0.2, 0) is 0 Å². The van der Waals surface area contributed by atoms with Gasteiger partial charge in [-0.05, 0) is 39.7 Å². The van der Waals surface area contributed by atoms with Crippen molar-refractivity contribution in [2.45, 2.75) is 39.7 Å². The van der Waals surface area contributed by atoms with Gasteiger partial charge in [0, 0.05) is 0 Å². The SMILES string of the molecule is C#CC(O)C=C(C)CCC=C(C)C. The molecule has 0 aromatic rings. The highest BCUT2D eigenvalue weighted by Crippen LogP contribution is 2.07. The van der Waals surface area contributed by atoms with E-state index in [0.717, 1.165) is 18.4 Å². The molecule has 0 saturated carbocycles. The number of rotatable bonds is 4. The maximum absolute atomic E-state index is 9.11. The number of aliphatic hydroxyl groups excluding tert-OH is 1. The van der Waals surface area contributed by atoms with E-state index in [-0.39, 0.29) is 0 Å². The largest absolute Gasteiger partial charge is 0.377 e. The van der Waals surface area contributed by atoms with E-state index in [1.807, 2.05) is 6.92 Å². The summed E-state index contributed by atoms with van der Waals surface area (Å²) in [6, 6.07) is 0. The Balaban J connectivity index is 3.88. The zero-order valence-corrected chi connectivity index (χ0v) is 8.67. The minimum Gasteiger partial charge on any atom is -0.377 e. The Morgan fingerprint density at radius 1 is 1.46 bits per heavy atom. The Hall–Kier alpha value is -1.00. The summed E-state index contributed by atoms with van der Waals surface area (Å²) in [4.78, 5) is 0. The molecule has 72 valence electrons. The third-order valence-electron chi connectivity index (χ3n) is 1.70. The zero-order chi connectivity index (χ0) is 10.3. The number of hydrogen-bond donors (Lipinski definition) is 1. The minimum absolute atomic E-state index is 0.730. The molecule has 1 heteroatoms. The molecule has 0 radical (unpaired) electrons. The third-order valence-corrected chi connectivity index (χ3v) is 1.70.